The minimum atomic E-state index is -0.302. The maximum atomic E-state index is 13.8. The molecule has 2 unspecified atom stereocenters. The number of amides is 1. The molecule has 2 heterocycles. The van der Waals surface area contributed by atoms with Crippen LogP contribution in [0, 0.1) is 24.2 Å². The molecule has 2 aromatic rings. The third-order valence-electron chi connectivity index (χ3n) is 7.19. The van der Waals surface area contributed by atoms with Crippen LogP contribution < -0.4 is 0 Å². The molecule has 150 valence electrons. The van der Waals surface area contributed by atoms with Crippen molar-refractivity contribution in [3.8, 4) is 0 Å². The zero-order valence-corrected chi connectivity index (χ0v) is 17.9. The monoisotopic (exact) mass is 448 g/mol. The van der Waals surface area contributed by atoms with E-state index in [4.69, 9.17) is 4.63 Å². The minimum Gasteiger partial charge on any atom is -0.336 e. The molecule has 0 radical (unpaired) electrons. The number of nitrogens with zero attached hydrogens (tertiary/aromatic N) is 6. The van der Waals surface area contributed by atoms with Gasteiger partial charge in [-0.3, -0.25) is 4.79 Å². The van der Waals surface area contributed by atoms with E-state index >= 15 is 0 Å². The van der Waals surface area contributed by atoms with Crippen molar-refractivity contribution in [3.05, 3.63) is 22.4 Å². The Labute approximate surface area is 172 Å². The average molecular weight is 449 g/mol. The highest BCUT2D eigenvalue weighted by atomic mass is 79.9. The van der Waals surface area contributed by atoms with E-state index in [0.717, 1.165) is 43.5 Å². The summed E-state index contributed by atoms with van der Waals surface area (Å²) in [6.07, 6.45) is 8.12. The Morgan fingerprint density at radius 3 is 2.64 bits per heavy atom. The number of halogens is 1. The topological polar surface area (TPSA) is 89.9 Å². The predicted molar refractivity (Wildman–Crippen MR) is 103 cm³/mol. The Hall–Kier alpha value is -1.77. The summed E-state index contributed by atoms with van der Waals surface area (Å²) in [5.41, 5.74) is 1.11. The molecule has 2 aromatic heterocycles. The van der Waals surface area contributed by atoms with Gasteiger partial charge in [0, 0.05) is 6.54 Å². The maximum absolute atomic E-state index is 13.8. The average Bonchev–Trinajstić information content (AvgIpc) is 3.27. The van der Waals surface area contributed by atoms with E-state index in [-0.39, 0.29) is 16.9 Å². The van der Waals surface area contributed by atoms with Crippen molar-refractivity contribution in [2.24, 2.45) is 17.3 Å². The second kappa shape index (κ2) is 6.37. The summed E-state index contributed by atoms with van der Waals surface area (Å²) in [7, 11) is 0. The van der Waals surface area contributed by atoms with Crippen LogP contribution in [0.5, 0.6) is 0 Å². The molecule has 0 N–H and O–H groups in total. The normalized spacial score (nSPS) is 33.4. The van der Waals surface area contributed by atoms with Gasteiger partial charge < -0.3 is 4.90 Å². The fourth-order valence-corrected chi connectivity index (χ4v) is 6.70. The summed E-state index contributed by atoms with van der Waals surface area (Å²) >= 11 is 3.39. The Kier molecular flexibility index (Phi) is 4.16. The molecule has 0 saturated heterocycles. The number of aryl methyl sites for hydroxylation is 1. The number of hydrogen-bond acceptors (Lipinski definition) is 6. The quantitative estimate of drug-likeness (QED) is 0.697. The van der Waals surface area contributed by atoms with Gasteiger partial charge in [0.15, 0.2) is 0 Å². The number of aromatic nitrogens is 5. The van der Waals surface area contributed by atoms with Gasteiger partial charge in [0.05, 0.1) is 17.5 Å². The first-order chi connectivity index (χ1) is 13.4. The van der Waals surface area contributed by atoms with E-state index in [9.17, 15) is 4.79 Å². The van der Waals surface area contributed by atoms with Crippen molar-refractivity contribution in [1.82, 2.24) is 30.0 Å². The maximum Gasteiger partial charge on any atom is 0.229 e. The number of carbonyl (C=O) groups is 1. The second-order valence-corrected chi connectivity index (χ2v) is 9.75. The largest absolute Gasteiger partial charge is 0.336 e. The summed E-state index contributed by atoms with van der Waals surface area (Å²) in [6.45, 7) is 5.02. The Bertz CT molecular complexity index is 894. The third-order valence-corrected chi connectivity index (χ3v) is 7.55. The zero-order chi connectivity index (χ0) is 19.5. The third kappa shape index (κ3) is 2.73. The van der Waals surface area contributed by atoms with Crippen LogP contribution in [-0.4, -0.2) is 42.4 Å². The molecule has 9 heteroatoms. The SMILES string of the molecule is CCN(Cc1nonc1C)C(=O)C12CC3CC(C1)CC(n1cnc(Br)n1)(C3)C2. The number of rotatable bonds is 5. The Morgan fingerprint density at radius 2 is 2.07 bits per heavy atom. The lowest BCUT2D eigenvalue weighted by atomic mass is 9.46. The molecule has 0 spiro atoms. The lowest BCUT2D eigenvalue weighted by molar-refractivity contribution is -0.167. The molecule has 0 aliphatic heterocycles. The van der Waals surface area contributed by atoms with Crippen LogP contribution in [0.15, 0.2) is 15.7 Å². The molecule has 8 nitrogen and oxygen atoms in total. The first-order valence-corrected chi connectivity index (χ1v) is 10.9. The van der Waals surface area contributed by atoms with Gasteiger partial charge in [-0.1, -0.05) is 10.3 Å². The van der Waals surface area contributed by atoms with Gasteiger partial charge in [0.2, 0.25) is 10.6 Å². The summed E-state index contributed by atoms with van der Waals surface area (Å²) in [6, 6.07) is 0. The molecular formula is C19H25BrN6O2. The molecule has 2 atom stereocenters. The first kappa shape index (κ1) is 18.3. The van der Waals surface area contributed by atoms with Crippen LogP contribution in [-0.2, 0) is 16.9 Å². The van der Waals surface area contributed by atoms with Gasteiger partial charge in [-0.15, -0.1) is 5.10 Å². The first-order valence-electron chi connectivity index (χ1n) is 10.1. The van der Waals surface area contributed by atoms with Gasteiger partial charge >= 0.3 is 0 Å². The van der Waals surface area contributed by atoms with Crippen LogP contribution in [0.25, 0.3) is 0 Å². The van der Waals surface area contributed by atoms with Crippen LogP contribution in [0.3, 0.4) is 0 Å². The van der Waals surface area contributed by atoms with Crippen LogP contribution in [0.2, 0.25) is 0 Å². The van der Waals surface area contributed by atoms with Crippen molar-refractivity contribution in [2.45, 2.75) is 64.5 Å². The molecule has 4 aliphatic carbocycles. The lowest BCUT2D eigenvalue weighted by Crippen LogP contribution is -2.61. The second-order valence-electron chi connectivity index (χ2n) is 9.04. The van der Waals surface area contributed by atoms with E-state index in [0.29, 0.717) is 29.7 Å². The summed E-state index contributed by atoms with van der Waals surface area (Å²) in [5, 5.41) is 12.4. The molecule has 1 amide bonds. The van der Waals surface area contributed by atoms with E-state index in [1.807, 2.05) is 29.8 Å². The van der Waals surface area contributed by atoms with Crippen LogP contribution >= 0.6 is 15.9 Å². The van der Waals surface area contributed by atoms with Gasteiger partial charge in [-0.25, -0.2) is 14.3 Å². The smallest absolute Gasteiger partial charge is 0.229 e. The molecular weight excluding hydrogens is 424 g/mol. The van der Waals surface area contributed by atoms with E-state index in [1.54, 1.807) is 0 Å². The van der Waals surface area contributed by atoms with Crippen molar-refractivity contribution >= 4 is 21.8 Å². The standard InChI is InChI=1S/C19H25BrN6O2/c1-3-25(9-15-12(2)23-28-24-15)16(27)18-5-13-4-14(6-18)8-19(7-13,10-18)26-11-21-17(20)22-26/h11,13-14H,3-10H2,1-2H3. The van der Waals surface area contributed by atoms with Crippen LogP contribution in [0.4, 0.5) is 0 Å². The van der Waals surface area contributed by atoms with Crippen molar-refractivity contribution in [1.29, 1.82) is 0 Å². The fraction of sp³-hybridized carbons (Fsp3) is 0.737. The van der Waals surface area contributed by atoms with Crippen LogP contribution in [0.1, 0.15) is 56.8 Å². The Morgan fingerprint density at radius 1 is 1.32 bits per heavy atom. The highest BCUT2D eigenvalue weighted by molar-refractivity contribution is 9.10. The van der Waals surface area contributed by atoms with E-state index in [1.165, 1.54) is 6.42 Å². The summed E-state index contributed by atoms with van der Waals surface area (Å²) in [5.74, 6) is 1.43. The highest BCUT2D eigenvalue weighted by Crippen LogP contribution is 2.64. The summed E-state index contributed by atoms with van der Waals surface area (Å²) in [4.78, 5) is 20.1. The van der Waals surface area contributed by atoms with Gasteiger partial charge in [-0.2, -0.15) is 0 Å². The highest BCUT2D eigenvalue weighted by Gasteiger charge is 2.62. The molecule has 0 aromatic carbocycles. The zero-order valence-electron chi connectivity index (χ0n) is 16.3. The van der Waals surface area contributed by atoms with Gasteiger partial charge in [0.25, 0.3) is 0 Å². The lowest BCUT2D eigenvalue weighted by Gasteiger charge is -2.61. The van der Waals surface area contributed by atoms with Gasteiger partial charge in [0.1, 0.15) is 17.7 Å². The van der Waals surface area contributed by atoms with E-state index in [2.05, 4.69) is 36.3 Å². The predicted octanol–water partition coefficient (Wildman–Crippen LogP) is 3.08. The number of hydrogen-bond donors (Lipinski definition) is 0. The van der Waals surface area contributed by atoms with Crippen molar-refractivity contribution in [3.63, 3.8) is 0 Å². The van der Waals surface area contributed by atoms with Crippen molar-refractivity contribution in [2.75, 3.05) is 6.54 Å². The summed E-state index contributed by atoms with van der Waals surface area (Å²) < 4.78 is 7.49. The van der Waals surface area contributed by atoms with Gasteiger partial charge in [-0.05, 0) is 80.1 Å². The molecule has 4 saturated carbocycles. The Balaban J connectivity index is 1.47. The van der Waals surface area contributed by atoms with E-state index < -0.39 is 0 Å². The molecule has 4 bridgehead atoms. The molecule has 4 fully saturated rings. The molecule has 28 heavy (non-hydrogen) atoms. The minimum absolute atomic E-state index is 0.0798. The number of carbonyl (C=O) groups excluding carboxylic acids is 1. The van der Waals surface area contributed by atoms with Crippen molar-refractivity contribution < 1.29 is 9.42 Å². The fourth-order valence-electron chi connectivity index (χ4n) is 6.44. The molecule has 6 rings (SSSR count). The molecule has 4 aliphatic rings.